The zero-order valence-electron chi connectivity index (χ0n) is 19.2. The number of carbonyl (C=O) groups is 1. The van der Waals surface area contributed by atoms with Crippen LogP contribution in [0.1, 0.15) is 21.5 Å². The SMILES string of the molecule is COCCN(C[C@@H]1CN(C[C@@H](O)Cc2ccccc2)CCO1)C(=O)c1cccc(C(F)(F)F)c1. The number of morpholine rings is 1. The molecule has 2 aromatic carbocycles. The van der Waals surface area contributed by atoms with E-state index in [4.69, 9.17) is 9.47 Å². The molecule has 0 bridgehead atoms. The lowest BCUT2D eigenvalue weighted by Crippen LogP contribution is -2.51. The highest BCUT2D eigenvalue weighted by Gasteiger charge is 2.32. The third kappa shape index (κ3) is 7.80. The number of rotatable bonds is 10. The maximum Gasteiger partial charge on any atom is 0.416 e. The van der Waals surface area contributed by atoms with Gasteiger partial charge in [0.05, 0.1) is 31.0 Å². The molecular formula is C25H31F3N2O4. The molecule has 1 saturated heterocycles. The number of amides is 1. The number of carbonyl (C=O) groups excluding carboxylic acids is 1. The van der Waals surface area contributed by atoms with Gasteiger partial charge in [-0.3, -0.25) is 9.69 Å². The fourth-order valence-corrected chi connectivity index (χ4v) is 4.04. The van der Waals surface area contributed by atoms with Gasteiger partial charge in [-0.1, -0.05) is 36.4 Å². The molecule has 1 N–H and O–H groups in total. The van der Waals surface area contributed by atoms with E-state index in [1.807, 2.05) is 30.3 Å². The summed E-state index contributed by atoms with van der Waals surface area (Å²) >= 11 is 0. The molecule has 1 aliphatic heterocycles. The lowest BCUT2D eigenvalue weighted by molar-refractivity contribution is -0.137. The molecule has 0 aromatic heterocycles. The molecule has 1 heterocycles. The summed E-state index contributed by atoms with van der Waals surface area (Å²) < 4.78 is 50.2. The number of aliphatic hydroxyl groups is 1. The van der Waals surface area contributed by atoms with E-state index >= 15 is 0 Å². The number of aliphatic hydroxyl groups excluding tert-OH is 1. The average Bonchev–Trinajstić information content (AvgIpc) is 2.81. The van der Waals surface area contributed by atoms with Crippen molar-refractivity contribution in [1.29, 1.82) is 0 Å². The van der Waals surface area contributed by atoms with E-state index in [2.05, 4.69) is 4.90 Å². The number of hydrogen-bond acceptors (Lipinski definition) is 5. The van der Waals surface area contributed by atoms with Gasteiger partial charge in [-0.25, -0.2) is 0 Å². The lowest BCUT2D eigenvalue weighted by Gasteiger charge is -2.36. The third-order valence-electron chi connectivity index (χ3n) is 5.72. The Kier molecular flexibility index (Phi) is 9.46. The third-order valence-corrected chi connectivity index (χ3v) is 5.72. The molecule has 1 fully saturated rings. The van der Waals surface area contributed by atoms with Gasteiger partial charge in [0.1, 0.15) is 0 Å². The Bertz CT molecular complexity index is 911. The summed E-state index contributed by atoms with van der Waals surface area (Å²) in [6.45, 7) is 2.75. The second-order valence-corrected chi connectivity index (χ2v) is 8.42. The van der Waals surface area contributed by atoms with E-state index in [-0.39, 0.29) is 31.4 Å². The van der Waals surface area contributed by atoms with E-state index < -0.39 is 23.8 Å². The van der Waals surface area contributed by atoms with Crippen LogP contribution >= 0.6 is 0 Å². The van der Waals surface area contributed by atoms with E-state index in [1.54, 1.807) is 0 Å². The molecule has 2 aromatic rings. The number of methoxy groups -OCH3 is 1. The molecule has 34 heavy (non-hydrogen) atoms. The van der Waals surface area contributed by atoms with Gasteiger partial charge < -0.3 is 19.5 Å². The van der Waals surface area contributed by atoms with Gasteiger partial charge >= 0.3 is 6.18 Å². The van der Waals surface area contributed by atoms with Crippen molar-refractivity contribution < 1.29 is 32.5 Å². The number of β-amino-alcohol motifs (C(OH)–C–C–N with tert-alkyl or cyclic N) is 1. The fraction of sp³-hybridized carbons (Fsp3) is 0.480. The van der Waals surface area contributed by atoms with E-state index in [1.165, 1.54) is 24.1 Å². The summed E-state index contributed by atoms with van der Waals surface area (Å²) in [6, 6.07) is 14.2. The summed E-state index contributed by atoms with van der Waals surface area (Å²) in [5.74, 6) is -0.506. The quantitative estimate of drug-likeness (QED) is 0.566. The van der Waals surface area contributed by atoms with Gasteiger partial charge in [-0.2, -0.15) is 13.2 Å². The Morgan fingerprint density at radius 3 is 2.71 bits per heavy atom. The second kappa shape index (κ2) is 12.3. The predicted octanol–water partition coefficient (Wildman–Crippen LogP) is 3.10. The van der Waals surface area contributed by atoms with Crippen LogP contribution < -0.4 is 0 Å². The van der Waals surface area contributed by atoms with Gasteiger partial charge in [0.2, 0.25) is 0 Å². The summed E-state index contributed by atoms with van der Waals surface area (Å²) in [6.07, 6.45) is -4.86. The Balaban J connectivity index is 1.62. The Hall–Kier alpha value is -2.46. The van der Waals surface area contributed by atoms with E-state index in [0.29, 0.717) is 32.7 Å². The topological polar surface area (TPSA) is 62.2 Å². The Labute approximate surface area is 197 Å². The van der Waals surface area contributed by atoms with Crippen LogP contribution in [0.4, 0.5) is 13.2 Å². The summed E-state index contributed by atoms with van der Waals surface area (Å²) in [4.78, 5) is 16.6. The van der Waals surface area contributed by atoms with Gasteiger partial charge in [0, 0.05) is 45.4 Å². The molecule has 186 valence electrons. The first kappa shape index (κ1) is 26.2. The number of alkyl halides is 3. The largest absolute Gasteiger partial charge is 0.416 e. The van der Waals surface area contributed by atoms with Crippen LogP contribution in [-0.2, 0) is 22.1 Å². The molecular weight excluding hydrogens is 449 g/mol. The zero-order chi connectivity index (χ0) is 24.6. The Morgan fingerprint density at radius 2 is 2.00 bits per heavy atom. The minimum absolute atomic E-state index is 0.0307. The van der Waals surface area contributed by atoms with Crippen molar-refractivity contribution in [1.82, 2.24) is 9.80 Å². The molecule has 1 amide bonds. The molecule has 2 atom stereocenters. The predicted molar refractivity (Wildman–Crippen MR) is 122 cm³/mol. The fourth-order valence-electron chi connectivity index (χ4n) is 4.04. The van der Waals surface area contributed by atoms with Crippen molar-refractivity contribution in [2.24, 2.45) is 0 Å². The molecule has 0 spiro atoms. The first-order valence-electron chi connectivity index (χ1n) is 11.3. The van der Waals surface area contributed by atoms with Crippen molar-refractivity contribution in [2.45, 2.75) is 24.8 Å². The number of nitrogens with zero attached hydrogens (tertiary/aromatic N) is 2. The molecule has 0 saturated carbocycles. The standard InChI is InChI=1S/C25H31F3N2O4/c1-33-12-11-30(24(32)20-8-5-9-21(15-20)25(26,27)28)18-23-17-29(10-13-34-23)16-22(31)14-19-6-3-2-4-7-19/h2-9,15,22-23,31H,10-14,16-18H2,1H3/t22-,23-/m0/s1. The molecule has 3 rings (SSSR count). The van der Waals surface area contributed by atoms with E-state index in [9.17, 15) is 23.1 Å². The maximum absolute atomic E-state index is 13.1. The molecule has 0 unspecified atom stereocenters. The number of ether oxygens (including phenoxy) is 2. The van der Waals surface area contributed by atoms with Crippen molar-refractivity contribution in [3.63, 3.8) is 0 Å². The van der Waals surface area contributed by atoms with Crippen molar-refractivity contribution >= 4 is 5.91 Å². The van der Waals surface area contributed by atoms with Crippen LogP contribution in [0, 0.1) is 0 Å². The van der Waals surface area contributed by atoms with Gasteiger partial charge in [-0.15, -0.1) is 0 Å². The van der Waals surface area contributed by atoms with Crippen LogP contribution in [0.2, 0.25) is 0 Å². The number of halogens is 3. The van der Waals surface area contributed by atoms with Gasteiger partial charge in [0.25, 0.3) is 5.91 Å². The first-order chi connectivity index (χ1) is 16.3. The normalized spacial score (nSPS) is 18.0. The van der Waals surface area contributed by atoms with Crippen LogP contribution in [-0.4, -0.2) is 86.1 Å². The molecule has 0 aliphatic carbocycles. The number of benzene rings is 2. The second-order valence-electron chi connectivity index (χ2n) is 8.42. The minimum atomic E-state index is -4.53. The maximum atomic E-state index is 13.1. The smallest absolute Gasteiger partial charge is 0.391 e. The highest BCUT2D eigenvalue weighted by molar-refractivity contribution is 5.94. The van der Waals surface area contributed by atoms with Crippen LogP contribution in [0.25, 0.3) is 0 Å². The van der Waals surface area contributed by atoms with Crippen molar-refractivity contribution in [3.05, 3.63) is 71.3 Å². The van der Waals surface area contributed by atoms with E-state index in [0.717, 1.165) is 17.7 Å². The molecule has 6 nitrogen and oxygen atoms in total. The average molecular weight is 481 g/mol. The lowest BCUT2D eigenvalue weighted by atomic mass is 10.1. The molecule has 1 aliphatic rings. The summed E-state index contributed by atoms with van der Waals surface area (Å²) in [7, 11) is 1.50. The van der Waals surface area contributed by atoms with Crippen molar-refractivity contribution in [2.75, 3.05) is 53.0 Å². The van der Waals surface area contributed by atoms with Gasteiger partial charge in [0.15, 0.2) is 0 Å². The minimum Gasteiger partial charge on any atom is -0.391 e. The van der Waals surface area contributed by atoms with Crippen LogP contribution in [0.15, 0.2) is 54.6 Å². The highest BCUT2D eigenvalue weighted by Crippen LogP contribution is 2.29. The Morgan fingerprint density at radius 1 is 1.24 bits per heavy atom. The summed E-state index contributed by atoms with van der Waals surface area (Å²) in [5, 5.41) is 10.5. The number of hydrogen-bond donors (Lipinski definition) is 1. The molecule has 0 radical (unpaired) electrons. The molecule has 9 heteroatoms. The zero-order valence-corrected chi connectivity index (χ0v) is 19.2. The monoisotopic (exact) mass is 480 g/mol. The van der Waals surface area contributed by atoms with Crippen molar-refractivity contribution in [3.8, 4) is 0 Å². The van der Waals surface area contributed by atoms with Gasteiger partial charge in [-0.05, 0) is 30.2 Å². The first-order valence-corrected chi connectivity index (χ1v) is 11.3. The van der Waals surface area contributed by atoms with Crippen LogP contribution in [0.5, 0.6) is 0 Å². The summed E-state index contributed by atoms with van der Waals surface area (Å²) in [5.41, 5.74) is 0.159. The van der Waals surface area contributed by atoms with Crippen LogP contribution in [0.3, 0.4) is 0 Å². The highest BCUT2D eigenvalue weighted by atomic mass is 19.4.